The first-order valence-corrected chi connectivity index (χ1v) is 7.29. The van der Waals surface area contributed by atoms with E-state index < -0.39 is 0 Å². The van der Waals surface area contributed by atoms with Gasteiger partial charge >= 0.3 is 0 Å². The second-order valence-electron chi connectivity index (χ2n) is 5.18. The van der Waals surface area contributed by atoms with E-state index in [-0.39, 0.29) is 12.8 Å². The van der Waals surface area contributed by atoms with Crippen molar-refractivity contribution >= 4 is 0 Å². The van der Waals surface area contributed by atoms with Gasteiger partial charge < -0.3 is 23.9 Å². The summed E-state index contributed by atoms with van der Waals surface area (Å²) in [4.78, 5) is 4.52. The molecule has 6 nitrogen and oxygen atoms in total. The van der Waals surface area contributed by atoms with Crippen molar-refractivity contribution < 1.29 is 19.3 Å². The number of imidazole rings is 1. The molecular weight excluding hydrogens is 284 g/mol. The fraction of sp³-hybridized carbons (Fsp3) is 0.438. The summed E-state index contributed by atoms with van der Waals surface area (Å²) in [6.45, 7) is 0.622. The number of ether oxygens (including phenoxy) is 3. The molecular formula is C16H20N2O4. The van der Waals surface area contributed by atoms with Crippen molar-refractivity contribution in [3.63, 3.8) is 0 Å². The summed E-state index contributed by atoms with van der Waals surface area (Å²) in [5.41, 5.74) is 1.64. The number of nitrogens with zero attached hydrogens (tertiary/aromatic N) is 2. The highest BCUT2D eigenvalue weighted by Crippen LogP contribution is 2.32. The number of hydrogen-bond acceptors (Lipinski definition) is 5. The number of benzene rings is 1. The smallest absolute Gasteiger partial charge is 0.137 e. The van der Waals surface area contributed by atoms with Gasteiger partial charge in [0.05, 0.1) is 19.9 Å². The molecule has 1 fully saturated rings. The molecule has 0 spiro atoms. The summed E-state index contributed by atoms with van der Waals surface area (Å²) in [7, 11) is 3.23. The molecule has 0 aliphatic carbocycles. The molecule has 0 saturated carbocycles. The van der Waals surface area contributed by atoms with E-state index in [1.54, 1.807) is 14.2 Å². The zero-order valence-corrected chi connectivity index (χ0v) is 12.8. The number of aliphatic hydroxyl groups excluding tert-OH is 1. The van der Waals surface area contributed by atoms with Crippen molar-refractivity contribution in [2.24, 2.45) is 0 Å². The maximum absolute atomic E-state index is 9.55. The zero-order valence-electron chi connectivity index (χ0n) is 12.8. The van der Waals surface area contributed by atoms with E-state index in [1.807, 2.05) is 29.0 Å². The van der Waals surface area contributed by atoms with Crippen LogP contribution >= 0.6 is 0 Å². The molecule has 1 aliphatic rings. The number of rotatable bonds is 5. The standard InChI is InChI=1S/C16H20N2O4/c1-20-12-6-11(7-13(8-12)21-2)14-9-18(15(10-19)17-14)16-4-3-5-22-16/h6-9,16,19H,3-5,10H2,1-2H3. The quantitative estimate of drug-likeness (QED) is 0.918. The summed E-state index contributed by atoms with van der Waals surface area (Å²) < 4.78 is 18.2. The second kappa shape index (κ2) is 6.37. The maximum Gasteiger partial charge on any atom is 0.137 e. The van der Waals surface area contributed by atoms with E-state index >= 15 is 0 Å². The first-order chi connectivity index (χ1) is 10.7. The molecule has 1 N–H and O–H groups in total. The number of aliphatic hydroxyl groups is 1. The Bertz CT molecular complexity index is 625. The maximum atomic E-state index is 9.55. The lowest BCUT2D eigenvalue weighted by Crippen LogP contribution is -2.10. The summed E-state index contributed by atoms with van der Waals surface area (Å²) in [5, 5.41) is 9.55. The van der Waals surface area contributed by atoms with Gasteiger partial charge in [0.2, 0.25) is 0 Å². The van der Waals surface area contributed by atoms with Crippen LogP contribution in [0.3, 0.4) is 0 Å². The fourth-order valence-corrected chi connectivity index (χ4v) is 2.67. The predicted molar refractivity (Wildman–Crippen MR) is 80.9 cm³/mol. The van der Waals surface area contributed by atoms with Crippen LogP contribution in [-0.2, 0) is 11.3 Å². The molecule has 1 saturated heterocycles. The van der Waals surface area contributed by atoms with E-state index in [9.17, 15) is 5.11 Å². The van der Waals surface area contributed by atoms with Crippen molar-refractivity contribution in [1.82, 2.24) is 9.55 Å². The van der Waals surface area contributed by atoms with Crippen LogP contribution in [0.5, 0.6) is 11.5 Å². The molecule has 0 bridgehead atoms. The van der Waals surface area contributed by atoms with Crippen molar-refractivity contribution in [1.29, 1.82) is 0 Å². The molecule has 2 aromatic rings. The lowest BCUT2D eigenvalue weighted by molar-refractivity contribution is 0.0511. The number of hydrogen-bond donors (Lipinski definition) is 1. The Morgan fingerprint density at radius 3 is 2.55 bits per heavy atom. The van der Waals surface area contributed by atoms with Gasteiger partial charge in [-0.2, -0.15) is 0 Å². The molecule has 1 aromatic carbocycles. The first kappa shape index (κ1) is 14.9. The summed E-state index contributed by atoms with van der Waals surface area (Å²) in [5.74, 6) is 2.00. The molecule has 1 atom stereocenters. The van der Waals surface area contributed by atoms with E-state index in [2.05, 4.69) is 4.98 Å². The Labute approximate surface area is 129 Å². The normalized spacial score (nSPS) is 17.7. The summed E-state index contributed by atoms with van der Waals surface area (Å²) in [6, 6.07) is 5.60. The van der Waals surface area contributed by atoms with Gasteiger partial charge in [-0.15, -0.1) is 0 Å². The largest absolute Gasteiger partial charge is 0.497 e. The summed E-state index contributed by atoms with van der Waals surface area (Å²) >= 11 is 0. The molecule has 22 heavy (non-hydrogen) atoms. The Morgan fingerprint density at radius 2 is 2.00 bits per heavy atom. The van der Waals surface area contributed by atoms with Gasteiger partial charge in [0, 0.05) is 24.4 Å². The van der Waals surface area contributed by atoms with Crippen LogP contribution in [0.2, 0.25) is 0 Å². The van der Waals surface area contributed by atoms with Gasteiger partial charge in [-0.25, -0.2) is 4.98 Å². The lowest BCUT2D eigenvalue weighted by Gasteiger charge is -2.13. The Morgan fingerprint density at radius 1 is 1.27 bits per heavy atom. The lowest BCUT2D eigenvalue weighted by atomic mass is 10.1. The van der Waals surface area contributed by atoms with E-state index in [1.165, 1.54) is 0 Å². The highest BCUT2D eigenvalue weighted by atomic mass is 16.5. The van der Waals surface area contributed by atoms with Crippen molar-refractivity contribution in [2.45, 2.75) is 25.7 Å². The molecule has 0 amide bonds. The second-order valence-corrected chi connectivity index (χ2v) is 5.18. The molecule has 3 rings (SSSR count). The van der Waals surface area contributed by atoms with Gasteiger partial charge in [0.15, 0.2) is 0 Å². The molecule has 1 aliphatic heterocycles. The molecule has 0 radical (unpaired) electrons. The van der Waals surface area contributed by atoms with Crippen LogP contribution < -0.4 is 9.47 Å². The van der Waals surface area contributed by atoms with Gasteiger partial charge in [-0.1, -0.05) is 0 Å². The molecule has 118 valence electrons. The zero-order chi connectivity index (χ0) is 15.5. The van der Waals surface area contributed by atoms with Crippen LogP contribution in [0.4, 0.5) is 0 Å². The monoisotopic (exact) mass is 304 g/mol. The van der Waals surface area contributed by atoms with Gasteiger partial charge in [0.25, 0.3) is 0 Å². The Hall–Kier alpha value is -2.05. The van der Waals surface area contributed by atoms with Crippen molar-refractivity contribution in [2.75, 3.05) is 20.8 Å². The predicted octanol–water partition coefficient (Wildman–Crippen LogP) is 2.37. The average Bonchev–Trinajstić information content (AvgIpc) is 3.22. The van der Waals surface area contributed by atoms with E-state index in [0.29, 0.717) is 17.3 Å². The van der Waals surface area contributed by atoms with Crippen LogP contribution in [0.1, 0.15) is 24.9 Å². The van der Waals surface area contributed by atoms with Crippen molar-refractivity contribution in [3.05, 3.63) is 30.2 Å². The average molecular weight is 304 g/mol. The Balaban J connectivity index is 2.01. The van der Waals surface area contributed by atoms with Gasteiger partial charge in [-0.05, 0) is 25.0 Å². The van der Waals surface area contributed by atoms with E-state index in [0.717, 1.165) is 30.7 Å². The van der Waals surface area contributed by atoms with Crippen LogP contribution in [0, 0.1) is 0 Å². The van der Waals surface area contributed by atoms with Crippen molar-refractivity contribution in [3.8, 4) is 22.8 Å². The SMILES string of the molecule is COc1cc(OC)cc(-c2cn(C3CCCO3)c(CO)n2)c1. The Kier molecular flexibility index (Phi) is 4.31. The third kappa shape index (κ3) is 2.80. The van der Waals surface area contributed by atoms with Gasteiger partial charge in [0.1, 0.15) is 30.2 Å². The minimum absolute atomic E-state index is 0.0455. The molecule has 1 aromatic heterocycles. The third-order valence-corrected chi connectivity index (χ3v) is 3.81. The minimum Gasteiger partial charge on any atom is -0.497 e. The summed E-state index contributed by atoms with van der Waals surface area (Å²) in [6.07, 6.45) is 3.83. The first-order valence-electron chi connectivity index (χ1n) is 7.29. The van der Waals surface area contributed by atoms with E-state index in [4.69, 9.17) is 14.2 Å². The fourth-order valence-electron chi connectivity index (χ4n) is 2.67. The number of methoxy groups -OCH3 is 2. The topological polar surface area (TPSA) is 65.7 Å². The number of aromatic nitrogens is 2. The van der Waals surface area contributed by atoms with Crippen LogP contribution in [0.25, 0.3) is 11.3 Å². The molecule has 2 heterocycles. The highest BCUT2D eigenvalue weighted by molar-refractivity contribution is 5.63. The molecule has 6 heteroatoms. The van der Waals surface area contributed by atoms with Crippen LogP contribution in [0.15, 0.2) is 24.4 Å². The third-order valence-electron chi connectivity index (χ3n) is 3.81. The van der Waals surface area contributed by atoms with Gasteiger partial charge in [-0.3, -0.25) is 0 Å². The van der Waals surface area contributed by atoms with Crippen LogP contribution in [-0.4, -0.2) is 35.5 Å². The highest BCUT2D eigenvalue weighted by Gasteiger charge is 2.21. The minimum atomic E-state index is -0.124. The molecule has 1 unspecified atom stereocenters.